The molecule has 0 atom stereocenters. The summed E-state index contributed by atoms with van der Waals surface area (Å²) in [6.07, 6.45) is 0.442. The van der Waals surface area contributed by atoms with Gasteiger partial charge in [-0.15, -0.1) is 0 Å². The van der Waals surface area contributed by atoms with Gasteiger partial charge in [0, 0.05) is 22.3 Å². The second-order valence-electron chi connectivity index (χ2n) is 2.87. The molecule has 0 saturated heterocycles. The van der Waals surface area contributed by atoms with E-state index in [1.54, 1.807) is 6.92 Å². The molecule has 4 nitrogen and oxygen atoms in total. The topological polar surface area (TPSA) is 78.2 Å². The van der Waals surface area contributed by atoms with Gasteiger partial charge < -0.3 is 5.11 Å². The second kappa shape index (κ2) is 4.09. The van der Waals surface area contributed by atoms with Crippen molar-refractivity contribution in [2.24, 2.45) is 0 Å². The van der Waals surface area contributed by atoms with E-state index in [4.69, 9.17) is 15.9 Å². The first-order valence-electron chi connectivity index (χ1n) is 4.10. The zero-order valence-corrected chi connectivity index (χ0v) is 9.43. The molecule has 1 aromatic rings. The summed E-state index contributed by atoms with van der Waals surface area (Å²) in [5.74, 6) is -0.226. The Labute approximate surface area is 92.1 Å². The number of nitriles is 1. The predicted molar refractivity (Wildman–Crippen MR) is 55.2 cm³/mol. The highest BCUT2D eigenvalue weighted by atomic mass is 35.7. The number of aromatic hydroxyl groups is 1. The van der Waals surface area contributed by atoms with E-state index in [0.29, 0.717) is 12.0 Å². The van der Waals surface area contributed by atoms with E-state index in [1.807, 2.05) is 6.07 Å². The van der Waals surface area contributed by atoms with Gasteiger partial charge in [-0.1, -0.05) is 6.92 Å². The van der Waals surface area contributed by atoms with Crippen LogP contribution in [0.15, 0.2) is 17.0 Å². The lowest BCUT2D eigenvalue weighted by Crippen LogP contribution is -1.96. The van der Waals surface area contributed by atoms with Gasteiger partial charge in [0.1, 0.15) is 5.75 Å². The van der Waals surface area contributed by atoms with E-state index in [1.165, 1.54) is 0 Å². The number of phenolic OH excluding ortho intramolecular Hbond substituents is 1. The monoisotopic (exact) mass is 245 g/mol. The molecular formula is C9H8ClNO3S. The minimum absolute atomic E-state index is 0.122. The van der Waals surface area contributed by atoms with E-state index in [0.717, 1.165) is 12.1 Å². The van der Waals surface area contributed by atoms with Crippen LogP contribution in [0.5, 0.6) is 5.75 Å². The average Bonchev–Trinajstić information content (AvgIpc) is 2.15. The van der Waals surface area contributed by atoms with Crippen molar-refractivity contribution in [1.82, 2.24) is 0 Å². The van der Waals surface area contributed by atoms with Crippen LogP contribution in [0.3, 0.4) is 0 Å². The highest BCUT2D eigenvalue weighted by molar-refractivity contribution is 8.13. The first kappa shape index (κ1) is 11.8. The van der Waals surface area contributed by atoms with E-state index in [-0.39, 0.29) is 16.2 Å². The molecule has 1 rings (SSSR count). The summed E-state index contributed by atoms with van der Waals surface area (Å²) < 4.78 is 22.0. The number of hydrogen-bond donors (Lipinski definition) is 1. The molecule has 0 spiro atoms. The Morgan fingerprint density at radius 3 is 2.53 bits per heavy atom. The fourth-order valence-electron chi connectivity index (χ4n) is 1.24. The Morgan fingerprint density at radius 1 is 1.53 bits per heavy atom. The van der Waals surface area contributed by atoms with Crippen LogP contribution in [0.25, 0.3) is 0 Å². The molecule has 1 N–H and O–H groups in total. The minimum Gasteiger partial charge on any atom is -0.508 e. The second-order valence-corrected chi connectivity index (χ2v) is 5.44. The van der Waals surface area contributed by atoms with Crippen molar-refractivity contribution in [2.45, 2.75) is 18.2 Å². The lowest BCUT2D eigenvalue weighted by Gasteiger charge is -2.05. The normalized spacial score (nSPS) is 11.0. The van der Waals surface area contributed by atoms with Crippen LogP contribution in [0, 0.1) is 11.3 Å². The van der Waals surface area contributed by atoms with Crippen molar-refractivity contribution in [3.8, 4) is 11.8 Å². The van der Waals surface area contributed by atoms with Crippen LogP contribution in [0.2, 0.25) is 0 Å². The third-order valence-corrected chi connectivity index (χ3v) is 3.29. The van der Waals surface area contributed by atoms with Crippen molar-refractivity contribution in [3.05, 3.63) is 23.3 Å². The summed E-state index contributed by atoms with van der Waals surface area (Å²) in [6, 6.07) is 4.01. The quantitative estimate of drug-likeness (QED) is 0.806. The molecule has 0 aliphatic heterocycles. The zero-order chi connectivity index (χ0) is 11.6. The number of benzene rings is 1. The Kier molecular flexibility index (Phi) is 3.22. The average molecular weight is 246 g/mol. The van der Waals surface area contributed by atoms with Gasteiger partial charge in [0.2, 0.25) is 0 Å². The summed E-state index contributed by atoms with van der Waals surface area (Å²) in [5.41, 5.74) is 0.540. The number of nitrogens with zero attached hydrogens (tertiary/aromatic N) is 1. The summed E-state index contributed by atoms with van der Waals surface area (Å²) in [5, 5.41) is 18.3. The molecule has 0 aromatic heterocycles. The van der Waals surface area contributed by atoms with Crippen LogP contribution in [-0.2, 0) is 15.5 Å². The summed E-state index contributed by atoms with van der Waals surface area (Å²) >= 11 is 0. The SMILES string of the molecule is CCc1c(O)cc(S(=O)(=O)Cl)cc1C#N. The van der Waals surface area contributed by atoms with Gasteiger partial charge in [-0.05, 0) is 12.5 Å². The molecule has 0 amide bonds. The molecule has 0 radical (unpaired) electrons. The fourth-order valence-corrected chi connectivity index (χ4v) is 2.02. The highest BCUT2D eigenvalue weighted by Gasteiger charge is 2.16. The highest BCUT2D eigenvalue weighted by Crippen LogP contribution is 2.27. The van der Waals surface area contributed by atoms with Crippen molar-refractivity contribution < 1.29 is 13.5 Å². The van der Waals surface area contributed by atoms with Crippen LogP contribution < -0.4 is 0 Å². The largest absolute Gasteiger partial charge is 0.508 e. The van der Waals surface area contributed by atoms with Crippen LogP contribution in [-0.4, -0.2) is 13.5 Å². The molecule has 0 saturated carbocycles. The summed E-state index contributed by atoms with van der Waals surface area (Å²) in [6.45, 7) is 1.75. The van der Waals surface area contributed by atoms with Gasteiger partial charge in [-0.2, -0.15) is 5.26 Å². The maximum Gasteiger partial charge on any atom is 0.261 e. The van der Waals surface area contributed by atoms with Gasteiger partial charge in [-0.25, -0.2) is 8.42 Å². The maximum atomic E-state index is 11.0. The first-order chi connectivity index (χ1) is 6.90. The number of hydrogen-bond acceptors (Lipinski definition) is 4. The molecule has 0 aliphatic rings. The van der Waals surface area contributed by atoms with Gasteiger partial charge in [0.25, 0.3) is 9.05 Å². The molecule has 0 unspecified atom stereocenters. The van der Waals surface area contributed by atoms with Crippen molar-refractivity contribution in [3.63, 3.8) is 0 Å². The van der Waals surface area contributed by atoms with Crippen LogP contribution >= 0.6 is 10.7 Å². The van der Waals surface area contributed by atoms with Crippen molar-refractivity contribution in [1.29, 1.82) is 5.26 Å². The van der Waals surface area contributed by atoms with E-state index in [2.05, 4.69) is 0 Å². The summed E-state index contributed by atoms with van der Waals surface area (Å²) in [4.78, 5) is -0.268. The lowest BCUT2D eigenvalue weighted by atomic mass is 10.1. The van der Waals surface area contributed by atoms with E-state index >= 15 is 0 Å². The van der Waals surface area contributed by atoms with Crippen molar-refractivity contribution in [2.75, 3.05) is 0 Å². The Morgan fingerprint density at radius 2 is 2.13 bits per heavy atom. The van der Waals surface area contributed by atoms with Crippen molar-refractivity contribution >= 4 is 19.7 Å². The van der Waals surface area contributed by atoms with Gasteiger partial charge in [-0.3, -0.25) is 0 Å². The summed E-state index contributed by atoms with van der Waals surface area (Å²) in [7, 11) is 1.18. The molecule has 6 heteroatoms. The van der Waals surface area contributed by atoms with Gasteiger partial charge in [0.15, 0.2) is 0 Å². The Balaban J connectivity index is 3.55. The molecule has 0 bridgehead atoms. The number of halogens is 1. The van der Waals surface area contributed by atoms with Gasteiger partial charge >= 0.3 is 0 Å². The minimum atomic E-state index is -3.92. The molecule has 0 aliphatic carbocycles. The van der Waals surface area contributed by atoms with Crippen LogP contribution in [0.4, 0.5) is 0 Å². The predicted octanol–water partition coefficient (Wildman–Crippen LogP) is 1.75. The third kappa shape index (κ3) is 2.41. The molecule has 15 heavy (non-hydrogen) atoms. The number of phenols is 1. The fraction of sp³-hybridized carbons (Fsp3) is 0.222. The molecule has 0 fully saturated rings. The number of rotatable bonds is 2. The molecule has 0 heterocycles. The molecular weight excluding hydrogens is 238 g/mol. The Hall–Kier alpha value is -1.25. The lowest BCUT2D eigenvalue weighted by molar-refractivity contribution is 0.466. The van der Waals surface area contributed by atoms with Crippen LogP contribution in [0.1, 0.15) is 18.1 Å². The first-order valence-corrected chi connectivity index (χ1v) is 6.41. The van der Waals surface area contributed by atoms with E-state index < -0.39 is 9.05 Å². The van der Waals surface area contributed by atoms with E-state index in [9.17, 15) is 13.5 Å². The zero-order valence-electron chi connectivity index (χ0n) is 7.86. The molecule has 1 aromatic carbocycles. The smallest absolute Gasteiger partial charge is 0.261 e. The maximum absolute atomic E-state index is 11.0. The Bertz CT molecular complexity index is 531. The molecule has 80 valence electrons. The van der Waals surface area contributed by atoms with Gasteiger partial charge in [0.05, 0.1) is 16.5 Å². The standard InChI is InChI=1S/C9H8ClNO3S/c1-2-8-6(5-11)3-7(4-9(8)12)15(10,13)14/h3-4,12H,2H2,1H3. The third-order valence-electron chi connectivity index (χ3n) is 1.96.